The molecule has 0 aliphatic heterocycles. The van der Waals surface area contributed by atoms with Gasteiger partial charge in [-0.15, -0.1) is 0 Å². The predicted molar refractivity (Wildman–Crippen MR) is 59.4 cm³/mol. The molecule has 82 valence electrons. The van der Waals surface area contributed by atoms with Crippen LogP contribution >= 0.6 is 0 Å². The van der Waals surface area contributed by atoms with Gasteiger partial charge in [-0.3, -0.25) is 4.79 Å². The Labute approximate surface area is 87.3 Å². The summed E-state index contributed by atoms with van der Waals surface area (Å²) >= 11 is 0. The lowest BCUT2D eigenvalue weighted by atomic mass is 10.2. The maximum Gasteiger partial charge on any atom is 0.155 e. The molecule has 2 nitrogen and oxygen atoms in total. The first kappa shape index (κ1) is 13.4. The SMILES string of the molecule is CCCCCCOCC=CC(=O)CC. The van der Waals surface area contributed by atoms with Crippen LogP contribution in [0.15, 0.2) is 12.2 Å². The van der Waals surface area contributed by atoms with Gasteiger partial charge in [0.15, 0.2) is 5.78 Å². The standard InChI is InChI=1S/C12H22O2/c1-3-5-6-7-10-14-11-8-9-12(13)4-2/h8-9H,3-7,10-11H2,1-2H3. The molecule has 0 atom stereocenters. The van der Waals surface area contributed by atoms with Crippen molar-refractivity contribution < 1.29 is 9.53 Å². The Hall–Kier alpha value is -0.630. The summed E-state index contributed by atoms with van der Waals surface area (Å²) in [6.07, 6.45) is 8.89. The van der Waals surface area contributed by atoms with Crippen molar-refractivity contribution >= 4 is 5.78 Å². The van der Waals surface area contributed by atoms with Crippen LogP contribution < -0.4 is 0 Å². The van der Waals surface area contributed by atoms with Crippen molar-refractivity contribution in [3.8, 4) is 0 Å². The van der Waals surface area contributed by atoms with E-state index in [0.717, 1.165) is 13.0 Å². The number of hydrogen-bond donors (Lipinski definition) is 0. The Kier molecular flexibility index (Phi) is 9.98. The summed E-state index contributed by atoms with van der Waals surface area (Å²) in [5, 5.41) is 0. The molecule has 0 saturated carbocycles. The fraction of sp³-hybridized carbons (Fsp3) is 0.750. The molecule has 0 aromatic rings. The quantitative estimate of drug-likeness (QED) is 0.420. The highest BCUT2D eigenvalue weighted by molar-refractivity contribution is 5.89. The van der Waals surface area contributed by atoms with Crippen LogP contribution in [0.2, 0.25) is 0 Å². The zero-order chi connectivity index (χ0) is 10.6. The van der Waals surface area contributed by atoms with Crippen LogP contribution in [0.3, 0.4) is 0 Å². The summed E-state index contributed by atoms with van der Waals surface area (Å²) in [5.74, 6) is 0.166. The Morgan fingerprint density at radius 3 is 2.64 bits per heavy atom. The lowest BCUT2D eigenvalue weighted by Gasteiger charge is -1.99. The summed E-state index contributed by atoms with van der Waals surface area (Å²) in [6.45, 7) is 5.43. The Balaban J connectivity index is 3.13. The van der Waals surface area contributed by atoms with E-state index in [9.17, 15) is 4.79 Å². The average molecular weight is 198 g/mol. The van der Waals surface area contributed by atoms with E-state index in [0.29, 0.717) is 13.0 Å². The summed E-state index contributed by atoms with van der Waals surface area (Å²) < 4.78 is 5.34. The Morgan fingerprint density at radius 2 is 2.00 bits per heavy atom. The third kappa shape index (κ3) is 9.46. The molecule has 0 aliphatic carbocycles. The number of carbonyl (C=O) groups excluding carboxylic acids is 1. The zero-order valence-electron chi connectivity index (χ0n) is 9.42. The molecule has 0 aliphatic rings. The normalized spacial score (nSPS) is 11.0. The minimum absolute atomic E-state index is 0.166. The molecule has 0 fully saturated rings. The van der Waals surface area contributed by atoms with Gasteiger partial charge in [0.1, 0.15) is 0 Å². The van der Waals surface area contributed by atoms with Gasteiger partial charge in [-0.25, -0.2) is 0 Å². The molecule has 0 aromatic heterocycles. The molecule has 0 amide bonds. The van der Waals surface area contributed by atoms with E-state index in [4.69, 9.17) is 4.74 Å². The van der Waals surface area contributed by atoms with E-state index in [-0.39, 0.29) is 5.78 Å². The van der Waals surface area contributed by atoms with E-state index in [1.165, 1.54) is 19.3 Å². The Bertz CT molecular complexity index is 162. The van der Waals surface area contributed by atoms with Gasteiger partial charge in [-0.05, 0) is 12.5 Å². The van der Waals surface area contributed by atoms with Crippen molar-refractivity contribution in [2.24, 2.45) is 0 Å². The smallest absolute Gasteiger partial charge is 0.155 e. The van der Waals surface area contributed by atoms with Crippen LogP contribution in [-0.2, 0) is 9.53 Å². The molecule has 0 rings (SSSR count). The molecule has 0 spiro atoms. The highest BCUT2D eigenvalue weighted by Crippen LogP contribution is 1.98. The first-order valence-electron chi connectivity index (χ1n) is 5.58. The predicted octanol–water partition coefficient (Wildman–Crippen LogP) is 3.12. The molecule has 0 aromatic carbocycles. The Morgan fingerprint density at radius 1 is 1.21 bits per heavy atom. The van der Waals surface area contributed by atoms with Crippen LogP contribution in [0.25, 0.3) is 0 Å². The van der Waals surface area contributed by atoms with Gasteiger partial charge in [-0.2, -0.15) is 0 Å². The molecular weight excluding hydrogens is 176 g/mol. The molecule has 2 heteroatoms. The summed E-state index contributed by atoms with van der Waals surface area (Å²) in [4.78, 5) is 10.8. The molecular formula is C12H22O2. The number of carbonyl (C=O) groups is 1. The number of allylic oxidation sites excluding steroid dienone is 1. The van der Waals surface area contributed by atoms with Crippen LogP contribution in [0.4, 0.5) is 0 Å². The number of rotatable bonds is 9. The second kappa shape index (κ2) is 10.5. The van der Waals surface area contributed by atoms with Crippen LogP contribution in [0, 0.1) is 0 Å². The topological polar surface area (TPSA) is 26.3 Å². The largest absolute Gasteiger partial charge is 0.377 e. The van der Waals surface area contributed by atoms with Crippen LogP contribution in [-0.4, -0.2) is 19.0 Å². The van der Waals surface area contributed by atoms with E-state index in [1.54, 1.807) is 12.2 Å². The van der Waals surface area contributed by atoms with Crippen molar-refractivity contribution in [1.29, 1.82) is 0 Å². The maximum atomic E-state index is 10.8. The third-order valence-electron chi connectivity index (χ3n) is 2.01. The van der Waals surface area contributed by atoms with E-state index in [1.807, 2.05) is 6.92 Å². The molecule has 0 N–H and O–H groups in total. The summed E-state index contributed by atoms with van der Waals surface area (Å²) in [6, 6.07) is 0. The number of hydrogen-bond acceptors (Lipinski definition) is 2. The number of unbranched alkanes of at least 4 members (excludes halogenated alkanes) is 3. The number of ketones is 1. The fourth-order valence-electron chi connectivity index (χ4n) is 1.08. The van der Waals surface area contributed by atoms with Crippen molar-refractivity contribution in [2.45, 2.75) is 46.0 Å². The molecule has 14 heavy (non-hydrogen) atoms. The van der Waals surface area contributed by atoms with Crippen LogP contribution in [0.5, 0.6) is 0 Å². The van der Waals surface area contributed by atoms with E-state index >= 15 is 0 Å². The van der Waals surface area contributed by atoms with Gasteiger partial charge >= 0.3 is 0 Å². The van der Waals surface area contributed by atoms with Crippen molar-refractivity contribution in [3.05, 3.63) is 12.2 Å². The van der Waals surface area contributed by atoms with Gasteiger partial charge in [-0.1, -0.05) is 39.2 Å². The monoisotopic (exact) mass is 198 g/mol. The van der Waals surface area contributed by atoms with Crippen LogP contribution in [0.1, 0.15) is 46.0 Å². The number of ether oxygens (including phenoxy) is 1. The highest BCUT2D eigenvalue weighted by atomic mass is 16.5. The minimum Gasteiger partial charge on any atom is -0.377 e. The first-order valence-corrected chi connectivity index (χ1v) is 5.58. The van der Waals surface area contributed by atoms with Crippen molar-refractivity contribution in [2.75, 3.05) is 13.2 Å². The van der Waals surface area contributed by atoms with Gasteiger partial charge in [0, 0.05) is 13.0 Å². The van der Waals surface area contributed by atoms with Crippen molar-refractivity contribution in [1.82, 2.24) is 0 Å². The maximum absolute atomic E-state index is 10.8. The van der Waals surface area contributed by atoms with E-state index < -0.39 is 0 Å². The molecule has 0 bridgehead atoms. The lowest BCUT2D eigenvalue weighted by molar-refractivity contribution is -0.114. The van der Waals surface area contributed by atoms with Gasteiger partial charge < -0.3 is 4.74 Å². The average Bonchev–Trinajstić information content (AvgIpc) is 2.21. The molecule has 0 saturated heterocycles. The van der Waals surface area contributed by atoms with Gasteiger partial charge in [0.2, 0.25) is 0 Å². The zero-order valence-corrected chi connectivity index (χ0v) is 9.42. The second-order valence-corrected chi connectivity index (χ2v) is 3.36. The third-order valence-corrected chi connectivity index (χ3v) is 2.01. The molecule has 0 radical (unpaired) electrons. The minimum atomic E-state index is 0.166. The molecule has 0 heterocycles. The summed E-state index contributed by atoms with van der Waals surface area (Å²) in [5.41, 5.74) is 0. The molecule has 0 unspecified atom stereocenters. The highest BCUT2D eigenvalue weighted by Gasteiger charge is 1.89. The first-order chi connectivity index (χ1) is 6.81. The summed E-state index contributed by atoms with van der Waals surface area (Å²) in [7, 11) is 0. The lowest BCUT2D eigenvalue weighted by Crippen LogP contribution is -1.95. The fourth-order valence-corrected chi connectivity index (χ4v) is 1.08. The van der Waals surface area contributed by atoms with Gasteiger partial charge in [0.05, 0.1) is 6.61 Å². The van der Waals surface area contributed by atoms with Crippen molar-refractivity contribution in [3.63, 3.8) is 0 Å². The van der Waals surface area contributed by atoms with Gasteiger partial charge in [0.25, 0.3) is 0 Å². The van der Waals surface area contributed by atoms with E-state index in [2.05, 4.69) is 6.92 Å². The second-order valence-electron chi connectivity index (χ2n) is 3.36.